The molecule has 0 spiro atoms. The molecular weight excluding hydrogens is 366 g/mol. The molecule has 3 unspecified atom stereocenters. The standard InChI is InChI=1S/C19H31N3O4S/c1-12-6-5-7-17(13(12)2)20-19(23)16-8-10-22(11-9-16)27(24,25)18-14(3)21-26-15(18)4/h12-13,16-17H,5-11H2,1-4H3,(H,20,23). The largest absolute Gasteiger partial charge is 0.360 e. The summed E-state index contributed by atoms with van der Waals surface area (Å²) in [6.07, 6.45) is 4.52. The molecule has 0 bridgehead atoms. The number of amides is 1. The van der Waals surface area contributed by atoms with Crippen LogP contribution in [-0.4, -0.2) is 42.9 Å². The van der Waals surface area contributed by atoms with Gasteiger partial charge in [-0.05, 0) is 44.9 Å². The summed E-state index contributed by atoms with van der Waals surface area (Å²) in [5.74, 6) is 1.39. The molecule has 7 nitrogen and oxygen atoms in total. The summed E-state index contributed by atoms with van der Waals surface area (Å²) in [6, 6.07) is 0.241. The molecule has 1 aromatic rings. The van der Waals surface area contributed by atoms with Gasteiger partial charge in [0.15, 0.2) is 5.76 Å². The molecule has 1 amide bonds. The zero-order chi connectivity index (χ0) is 19.8. The van der Waals surface area contributed by atoms with Crippen LogP contribution in [0.2, 0.25) is 0 Å². The highest BCUT2D eigenvalue weighted by molar-refractivity contribution is 7.89. The fourth-order valence-electron chi connectivity index (χ4n) is 4.42. The smallest absolute Gasteiger partial charge is 0.248 e. The Morgan fingerprint density at radius 2 is 1.81 bits per heavy atom. The molecule has 1 aromatic heterocycles. The van der Waals surface area contributed by atoms with Crippen LogP contribution in [0.5, 0.6) is 0 Å². The Morgan fingerprint density at radius 1 is 1.15 bits per heavy atom. The molecule has 0 radical (unpaired) electrons. The average molecular weight is 398 g/mol. The number of sulfonamides is 1. The Balaban J connectivity index is 1.59. The van der Waals surface area contributed by atoms with Crippen LogP contribution < -0.4 is 5.32 Å². The van der Waals surface area contributed by atoms with E-state index in [0.717, 1.165) is 12.8 Å². The summed E-state index contributed by atoms with van der Waals surface area (Å²) >= 11 is 0. The van der Waals surface area contributed by atoms with Gasteiger partial charge in [0.1, 0.15) is 10.6 Å². The average Bonchev–Trinajstić information content (AvgIpc) is 2.98. The van der Waals surface area contributed by atoms with E-state index in [1.807, 2.05) is 0 Å². The van der Waals surface area contributed by atoms with Crippen molar-refractivity contribution in [1.29, 1.82) is 0 Å². The molecule has 2 aliphatic rings. The first-order chi connectivity index (χ1) is 12.7. The SMILES string of the molecule is Cc1noc(C)c1S(=O)(=O)N1CCC(C(=O)NC2CCCC(C)C2C)CC1. The number of piperidine rings is 1. The highest BCUT2D eigenvalue weighted by Crippen LogP contribution is 2.31. The Labute approximate surface area is 161 Å². The van der Waals surface area contributed by atoms with Crippen molar-refractivity contribution < 1.29 is 17.7 Å². The maximum absolute atomic E-state index is 12.9. The maximum Gasteiger partial charge on any atom is 0.248 e. The summed E-state index contributed by atoms with van der Waals surface area (Å²) < 4.78 is 32.2. The first-order valence-electron chi connectivity index (χ1n) is 9.95. The zero-order valence-corrected chi connectivity index (χ0v) is 17.5. The van der Waals surface area contributed by atoms with Crippen molar-refractivity contribution in [3.8, 4) is 0 Å². The Hall–Kier alpha value is -1.41. The van der Waals surface area contributed by atoms with Gasteiger partial charge in [-0.15, -0.1) is 0 Å². The zero-order valence-electron chi connectivity index (χ0n) is 16.7. The topological polar surface area (TPSA) is 92.5 Å². The van der Waals surface area contributed by atoms with Crippen molar-refractivity contribution in [2.75, 3.05) is 13.1 Å². The number of hydrogen-bond donors (Lipinski definition) is 1. The van der Waals surface area contributed by atoms with Crippen LogP contribution >= 0.6 is 0 Å². The van der Waals surface area contributed by atoms with Crippen LogP contribution in [0.15, 0.2) is 9.42 Å². The molecule has 8 heteroatoms. The molecule has 2 fully saturated rings. The van der Waals surface area contributed by atoms with Gasteiger partial charge in [0, 0.05) is 25.0 Å². The summed E-state index contributed by atoms with van der Waals surface area (Å²) in [5.41, 5.74) is 0.382. The summed E-state index contributed by atoms with van der Waals surface area (Å²) in [4.78, 5) is 12.9. The molecule has 1 N–H and O–H groups in total. The molecule has 3 atom stereocenters. The molecule has 2 heterocycles. The van der Waals surface area contributed by atoms with E-state index in [0.29, 0.717) is 49.2 Å². The number of aryl methyl sites for hydroxylation is 2. The molecule has 1 aliphatic carbocycles. The Kier molecular flexibility index (Phi) is 5.96. The Bertz CT molecular complexity index is 761. The first-order valence-corrected chi connectivity index (χ1v) is 11.4. The lowest BCUT2D eigenvalue weighted by Crippen LogP contribution is -2.48. The number of nitrogens with zero attached hydrogens (tertiary/aromatic N) is 2. The second-order valence-corrected chi connectivity index (χ2v) is 10.1. The first kappa shape index (κ1) is 20.3. The third-order valence-electron chi connectivity index (χ3n) is 6.42. The maximum atomic E-state index is 12.9. The molecule has 27 heavy (non-hydrogen) atoms. The predicted octanol–water partition coefficient (Wildman–Crippen LogP) is 2.63. The van der Waals surface area contributed by atoms with E-state index in [2.05, 4.69) is 24.3 Å². The molecule has 3 rings (SSSR count). The molecular formula is C19H31N3O4S. The Morgan fingerprint density at radius 3 is 2.41 bits per heavy atom. The molecule has 1 saturated heterocycles. The van der Waals surface area contributed by atoms with Gasteiger partial charge in [-0.1, -0.05) is 31.8 Å². The van der Waals surface area contributed by atoms with Crippen LogP contribution in [-0.2, 0) is 14.8 Å². The monoisotopic (exact) mass is 397 g/mol. The van der Waals surface area contributed by atoms with Gasteiger partial charge < -0.3 is 9.84 Å². The normalized spacial score (nSPS) is 28.2. The number of carbonyl (C=O) groups is 1. The molecule has 0 aromatic carbocycles. The van der Waals surface area contributed by atoms with Crippen LogP contribution in [0.25, 0.3) is 0 Å². The number of hydrogen-bond acceptors (Lipinski definition) is 5. The summed E-state index contributed by atoms with van der Waals surface area (Å²) in [5, 5.41) is 6.99. The van der Waals surface area contributed by atoms with Crippen molar-refractivity contribution in [2.24, 2.45) is 17.8 Å². The van der Waals surface area contributed by atoms with Gasteiger partial charge in [-0.3, -0.25) is 4.79 Å². The minimum Gasteiger partial charge on any atom is -0.360 e. The van der Waals surface area contributed by atoms with Gasteiger partial charge in [-0.25, -0.2) is 8.42 Å². The third kappa shape index (κ3) is 4.06. The van der Waals surface area contributed by atoms with E-state index in [9.17, 15) is 13.2 Å². The van der Waals surface area contributed by atoms with E-state index in [4.69, 9.17) is 4.52 Å². The van der Waals surface area contributed by atoms with Crippen molar-refractivity contribution in [2.45, 2.75) is 70.7 Å². The van der Waals surface area contributed by atoms with E-state index >= 15 is 0 Å². The van der Waals surface area contributed by atoms with Gasteiger partial charge in [0.2, 0.25) is 15.9 Å². The third-order valence-corrected chi connectivity index (χ3v) is 8.57. The number of nitrogens with one attached hydrogen (secondary N) is 1. The van der Waals surface area contributed by atoms with Gasteiger partial charge in [0.25, 0.3) is 0 Å². The highest BCUT2D eigenvalue weighted by atomic mass is 32.2. The van der Waals surface area contributed by atoms with Crippen molar-refractivity contribution in [1.82, 2.24) is 14.8 Å². The summed E-state index contributed by atoms with van der Waals surface area (Å²) in [6.45, 7) is 8.41. The molecule has 152 valence electrons. The lowest BCUT2D eigenvalue weighted by atomic mass is 9.78. The lowest BCUT2D eigenvalue weighted by Gasteiger charge is -2.36. The van der Waals surface area contributed by atoms with E-state index in [1.165, 1.54) is 10.7 Å². The van der Waals surface area contributed by atoms with E-state index in [-0.39, 0.29) is 22.8 Å². The van der Waals surface area contributed by atoms with Crippen LogP contribution in [0.3, 0.4) is 0 Å². The van der Waals surface area contributed by atoms with Crippen LogP contribution in [0.4, 0.5) is 0 Å². The van der Waals surface area contributed by atoms with Gasteiger partial charge in [-0.2, -0.15) is 4.31 Å². The summed E-state index contributed by atoms with van der Waals surface area (Å²) in [7, 11) is -3.63. The van der Waals surface area contributed by atoms with Crippen molar-refractivity contribution in [3.63, 3.8) is 0 Å². The minimum absolute atomic E-state index is 0.0790. The lowest BCUT2D eigenvalue weighted by molar-refractivity contribution is -0.127. The highest BCUT2D eigenvalue weighted by Gasteiger charge is 2.36. The van der Waals surface area contributed by atoms with E-state index < -0.39 is 10.0 Å². The molecule has 1 saturated carbocycles. The minimum atomic E-state index is -3.63. The predicted molar refractivity (Wildman–Crippen MR) is 102 cm³/mol. The quantitative estimate of drug-likeness (QED) is 0.843. The number of carbonyl (C=O) groups excluding carboxylic acids is 1. The van der Waals surface area contributed by atoms with Crippen LogP contribution in [0.1, 0.15) is 57.4 Å². The van der Waals surface area contributed by atoms with Crippen molar-refractivity contribution in [3.05, 3.63) is 11.5 Å². The van der Waals surface area contributed by atoms with Crippen LogP contribution in [0, 0.1) is 31.6 Å². The molecule has 1 aliphatic heterocycles. The number of aromatic nitrogens is 1. The van der Waals surface area contributed by atoms with Gasteiger partial charge >= 0.3 is 0 Å². The second kappa shape index (κ2) is 7.91. The fourth-order valence-corrected chi connectivity index (χ4v) is 6.18. The van der Waals surface area contributed by atoms with E-state index in [1.54, 1.807) is 13.8 Å². The van der Waals surface area contributed by atoms with Crippen molar-refractivity contribution >= 4 is 15.9 Å². The second-order valence-electron chi connectivity index (χ2n) is 8.21. The van der Waals surface area contributed by atoms with Gasteiger partial charge in [0.05, 0.1) is 0 Å². The number of rotatable bonds is 4. The fraction of sp³-hybridized carbons (Fsp3) is 0.789.